The molecular formula is C88H56N8. The summed E-state index contributed by atoms with van der Waals surface area (Å²) in [7, 11) is 0. The summed E-state index contributed by atoms with van der Waals surface area (Å²) < 4.78 is 0. The fraction of sp³-hybridized carbons (Fsp3) is 0. The van der Waals surface area contributed by atoms with Crippen molar-refractivity contribution in [2.45, 2.75) is 0 Å². The summed E-state index contributed by atoms with van der Waals surface area (Å²) in [6.45, 7) is 0. The third-order valence-corrected chi connectivity index (χ3v) is 18.0. The van der Waals surface area contributed by atoms with Crippen molar-refractivity contribution >= 4 is 32.4 Å². The van der Waals surface area contributed by atoms with Gasteiger partial charge in [-0.15, -0.1) is 0 Å². The maximum atomic E-state index is 5.42. The lowest BCUT2D eigenvalue weighted by Gasteiger charge is -2.18. The van der Waals surface area contributed by atoms with E-state index in [0.717, 1.165) is 133 Å². The van der Waals surface area contributed by atoms with E-state index in [4.69, 9.17) is 34.9 Å². The van der Waals surface area contributed by atoms with Crippen LogP contribution in [0.4, 0.5) is 0 Å². The summed E-state index contributed by atoms with van der Waals surface area (Å²) in [4.78, 5) is 40.5. The Kier molecular flexibility index (Phi) is 14.7. The van der Waals surface area contributed by atoms with Crippen molar-refractivity contribution in [2.24, 2.45) is 0 Å². The Morgan fingerprint density at radius 2 is 0.552 bits per heavy atom. The van der Waals surface area contributed by atoms with Crippen LogP contribution in [0.1, 0.15) is 0 Å². The molecule has 17 aromatic rings. The van der Waals surface area contributed by atoms with Gasteiger partial charge in [-0.25, -0.2) is 29.9 Å². The average Bonchev–Trinajstić information content (AvgIpc) is 0.761. The second-order valence-electron chi connectivity index (χ2n) is 23.8. The number of benzene rings is 13. The third-order valence-electron chi connectivity index (χ3n) is 18.0. The van der Waals surface area contributed by atoms with Gasteiger partial charge in [-0.3, -0.25) is 9.97 Å². The van der Waals surface area contributed by atoms with E-state index in [1.165, 1.54) is 10.8 Å². The monoisotopic (exact) mass is 1220 g/mol. The van der Waals surface area contributed by atoms with Crippen LogP contribution in [0, 0.1) is 0 Å². The molecule has 17 rings (SSSR count). The van der Waals surface area contributed by atoms with Gasteiger partial charge in [0.2, 0.25) is 0 Å². The summed E-state index contributed by atoms with van der Waals surface area (Å²) in [5.74, 6) is 3.54. The van der Waals surface area contributed by atoms with Crippen molar-refractivity contribution in [1.82, 2.24) is 39.9 Å². The van der Waals surface area contributed by atoms with Crippen LogP contribution < -0.4 is 0 Å². The average molecular weight is 1230 g/mol. The molecule has 0 spiro atoms. The molecule has 448 valence electrons. The van der Waals surface area contributed by atoms with Crippen LogP contribution in [0.15, 0.2) is 340 Å². The highest BCUT2D eigenvalue weighted by molar-refractivity contribution is 6.11. The zero-order chi connectivity index (χ0) is 63.7. The molecule has 4 aromatic heterocycles. The summed E-state index contributed by atoms with van der Waals surface area (Å²) in [5.41, 5.74) is 21.4. The van der Waals surface area contributed by atoms with Crippen molar-refractivity contribution < 1.29 is 0 Å². The highest BCUT2D eigenvalue weighted by Gasteiger charge is 2.22. The topological polar surface area (TPSA) is 103 Å². The summed E-state index contributed by atoms with van der Waals surface area (Å²) in [6, 6.07) is 114. The van der Waals surface area contributed by atoms with Crippen LogP contribution in [-0.4, -0.2) is 39.9 Å². The predicted octanol–water partition coefficient (Wildman–Crippen LogP) is 22.0. The Hall–Kier alpha value is -13.0. The largest absolute Gasteiger partial charge is 0.256 e. The standard InChI is InChI=1S/C88H56N8/c1-4-20-65(21-5-1)83-91-84(66-22-6-2-7-23-66)93-86(92-83)68-49-45-63(46-50-68)81-72(59-39-41-61(42-40-59)79-34-14-15-55-89-79)53-54-76-74(32-17-33-77(76)81)75-29-12-13-30-78(75)88-95-85(67-24-8-3-9-25-67)94-87(96-88)69-47-43-62(44-48-69)80-70-28-11-10-19-57(70)51-52-71(80)58-35-37-60(38-36-58)73-31-16-26-64-27-18-56-90-82(64)73/h1-56H. The highest BCUT2D eigenvalue weighted by atomic mass is 15.0. The molecule has 0 amide bonds. The van der Waals surface area contributed by atoms with Gasteiger partial charge in [-0.1, -0.05) is 309 Å². The van der Waals surface area contributed by atoms with Gasteiger partial charge in [0.05, 0.1) is 11.2 Å². The number of aromatic nitrogens is 8. The lowest BCUT2D eigenvalue weighted by Crippen LogP contribution is -2.01. The molecule has 0 aliphatic heterocycles. The van der Waals surface area contributed by atoms with Crippen LogP contribution in [0.25, 0.3) is 179 Å². The molecule has 0 saturated carbocycles. The second kappa shape index (κ2) is 24.9. The first-order valence-corrected chi connectivity index (χ1v) is 32.1. The molecule has 0 fully saturated rings. The van der Waals surface area contributed by atoms with E-state index in [1.54, 1.807) is 0 Å². The first-order chi connectivity index (χ1) is 47.6. The van der Waals surface area contributed by atoms with Gasteiger partial charge in [0.15, 0.2) is 34.9 Å². The van der Waals surface area contributed by atoms with Gasteiger partial charge in [0, 0.05) is 62.3 Å². The molecule has 0 aliphatic carbocycles. The minimum Gasteiger partial charge on any atom is -0.256 e. The van der Waals surface area contributed by atoms with Gasteiger partial charge in [0.1, 0.15) is 0 Å². The van der Waals surface area contributed by atoms with Crippen LogP contribution in [-0.2, 0) is 0 Å². The Balaban J connectivity index is 0.769. The molecule has 0 unspecified atom stereocenters. The lowest BCUT2D eigenvalue weighted by atomic mass is 9.86. The number of rotatable bonds is 13. The number of nitrogens with zero attached hydrogens (tertiary/aromatic N) is 8. The van der Waals surface area contributed by atoms with Crippen molar-refractivity contribution in [1.29, 1.82) is 0 Å². The number of hydrogen-bond acceptors (Lipinski definition) is 8. The third kappa shape index (κ3) is 10.9. The SMILES string of the molecule is c1ccc(-c2nc(-c3ccccc3)nc(-c3ccc(-c4c(-c5ccc(-c6ccccn6)cc5)ccc5c(-c6ccccc6-c6nc(-c7ccccc7)nc(-c7ccc(-c8c(-c9ccc(-c%10cccc%11cccnc%10%11)cc9)ccc9ccccc89)cc7)n6)cccc45)cc3)n2)cc1. The molecule has 0 saturated heterocycles. The summed E-state index contributed by atoms with van der Waals surface area (Å²) >= 11 is 0. The first-order valence-electron chi connectivity index (χ1n) is 32.1. The van der Waals surface area contributed by atoms with E-state index in [0.29, 0.717) is 34.9 Å². The van der Waals surface area contributed by atoms with Crippen molar-refractivity contribution in [3.05, 3.63) is 340 Å². The van der Waals surface area contributed by atoms with Gasteiger partial charge in [-0.05, 0) is 101 Å². The molecule has 96 heavy (non-hydrogen) atoms. The summed E-state index contributed by atoms with van der Waals surface area (Å²) in [6.07, 6.45) is 3.70. The predicted molar refractivity (Wildman–Crippen MR) is 392 cm³/mol. The van der Waals surface area contributed by atoms with Gasteiger partial charge in [-0.2, -0.15) is 0 Å². The zero-order valence-corrected chi connectivity index (χ0v) is 51.9. The van der Waals surface area contributed by atoms with E-state index in [-0.39, 0.29) is 0 Å². The number of pyridine rings is 2. The normalized spacial score (nSPS) is 11.3. The van der Waals surface area contributed by atoms with Gasteiger partial charge in [0.25, 0.3) is 0 Å². The van der Waals surface area contributed by atoms with Crippen LogP contribution in [0.2, 0.25) is 0 Å². The number of hydrogen-bond donors (Lipinski definition) is 0. The molecule has 8 nitrogen and oxygen atoms in total. The Morgan fingerprint density at radius 3 is 1.12 bits per heavy atom. The van der Waals surface area contributed by atoms with E-state index >= 15 is 0 Å². The minimum atomic E-state index is 0.569. The molecule has 13 aromatic carbocycles. The van der Waals surface area contributed by atoms with Crippen LogP contribution in [0.3, 0.4) is 0 Å². The fourth-order valence-electron chi connectivity index (χ4n) is 13.3. The number of fused-ring (bicyclic) bond motifs is 3. The second-order valence-corrected chi connectivity index (χ2v) is 23.8. The molecule has 4 heterocycles. The van der Waals surface area contributed by atoms with Crippen molar-refractivity contribution in [3.8, 4) is 146 Å². The zero-order valence-electron chi connectivity index (χ0n) is 51.9. The first kappa shape index (κ1) is 56.9. The summed E-state index contributed by atoms with van der Waals surface area (Å²) in [5, 5.41) is 5.63. The maximum Gasteiger partial charge on any atom is 0.164 e. The minimum absolute atomic E-state index is 0.569. The molecule has 0 atom stereocenters. The Labute approximate surface area is 555 Å². The molecular weight excluding hydrogens is 1170 g/mol. The Bertz CT molecular complexity index is 5650. The quantitative estimate of drug-likeness (QED) is 0.112. The van der Waals surface area contributed by atoms with E-state index in [2.05, 4.69) is 229 Å². The maximum absolute atomic E-state index is 5.42. The van der Waals surface area contributed by atoms with Crippen LogP contribution in [0.5, 0.6) is 0 Å². The van der Waals surface area contributed by atoms with E-state index in [9.17, 15) is 0 Å². The van der Waals surface area contributed by atoms with Crippen molar-refractivity contribution in [3.63, 3.8) is 0 Å². The van der Waals surface area contributed by atoms with Gasteiger partial charge >= 0.3 is 0 Å². The van der Waals surface area contributed by atoms with E-state index < -0.39 is 0 Å². The van der Waals surface area contributed by atoms with Crippen molar-refractivity contribution in [2.75, 3.05) is 0 Å². The molecule has 8 heteroatoms. The van der Waals surface area contributed by atoms with Crippen LogP contribution >= 0.6 is 0 Å². The molecule has 0 aliphatic rings. The molecule has 0 bridgehead atoms. The fourth-order valence-corrected chi connectivity index (χ4v) is 13.3. The van der Waals surface area contributed by atoms with Gasteiger partial charge < -0.3 is 0 Å². The smallest absolute Gasteiger partial charge is 0.164 e. The molecule has 0 N–H and O–H groups in total. The van der Waals surface area contributed by atoms with E-state index in [1.807, 2.05) is 116 Å². The highest BCUT2D eigenvalue weighted by Crippen LogP contribution is 2.45. The lowest BCUT2D eigenvalue weighted by molar-refractivity contribution is 1.07. The Morgan fingerprint density at radius 1 is 0.167 bits per heavy atom. The number of para-hydroxylation sites is 1. The molecule has 0 radical (unpaired) electrons.